The van der Waals surface area contributed by atoms with Gasteiger partial charge in [-0.05, 0) is 31.0 Å². The van der Waals surface area contributed by atoms with Crippen LogP contribution in [-0.2, 0) is 4.79 Å². The summed E-state index contributed by atoms with van der Waals surface area (Å²) in [5.41, 5.74) is 1.64. The summed E-state index contributed by atoms with van der Waals surface area (Å²) in [7, 11) is 0. The molecule has 1 aromatic carbocycles. The molecule has 1 aliphatic rings. The number of guanidine groups is 1. The summed E-state index contributed by atoms with van der Waals surface area (Å²) in [6, 6.07) is 5.48. The lowest BCUT2D eigenvalue weighted by Gasteiger charge is -2.16. The standard InChI is InChI=1S/C14H19ClN4O/c1-10-11(15)4-2-5-12(10)19-13(20)6-9-18-14-16-7-3-8-17-14/h2,4-5H,3,6-9H2,1H3,(H,19,20)(H2,16,17,18). The zero-order valence-electron chi connectivity index (χ0n) is 11.5. The fourth-order valence-corrected chi connectivity index (χ4v) is 2.08. The Bertz CT molecular complexity index is 516. The van der Waals surface area contributed by atoms with Crippen LogP contribution in [0.2, 0.25) is 5.02 Å². The second kappa shape index (κ2) is 7.14. The lowest BCUT2D eigenvalue weighted by molar-refractivity contribution is -0.116. The normalized spacial score (nSPS) is 14.2. The predicted molar refractivity (Wildman–Crippen MR) is 82.4 cm³/mol. The van der Waals surface area contributed by atoms with Crippen LogP contribution in [0.3, 0.4) is 0 Å². The van der Waals surface area contributed by atoms with Gasteiger partial charge >= 0.3 is 0 Å². The molecule has 1 aliphatic heterocycles. The molecule has 0 spiro atoms. The topological polar surface area (TPSA) is 65.5 Å². The molecule has 0 fully saturated rings. The Hall–Kier alpha value is -1.75. The van der Waals surface area contributed by atoms with Gasteiger partial charge in [0.2, 0.25) is 5.91 Å². The van der Waals surface area contributed by atoms with Gasteiger partial charge in [0, 0.05) is 36.8 Å². The molecule has 1 heterocycles. The number of benzene rings is 1. The molecule has 20 heavy (non-hydrogen) atoms. The van der Waals surface area contributed by atoms with E-state index in [1.165, 1.54) is 0 Å². The number of amides is 1. The van der Waals surface area contributed by atoms with Gasteiger partial charge in [-0.15, -0.1) is 0 Å². The molecule has 0 saturated heterocycles. The van der Waals surface area contributed by atoms with E-state index >= 15 is 0 Å². The van der Waals surface area contributed by atoms with Crippen molar-refractivity contribution in [2.45, 2.75) is 19.8 Å². The van der Waals surface area contributed by atoms with Gasteiger partial charge in [0.1, 0.15) is 0 Å². The number of rotatable bonds is 4. The zero-order valence-corrected chi connectivity index (χ0v) is 12.3. The quantitative estimate of drug-likeness (QED) is 0.795. The molecule has 0 radical (unpaired) electrons. The van der Waals surface area contributed by atoms with E-state index in [1.54, 1.807) is 6.07 Å². The Morgan fingerprint density at radius 1 is 1.50 bits per heavy atom. The SMILES string of the molecule is Cc1c(Cl)cccc1NC(=O)CCNC1=NCCCN1. The second-order valence-corrected chi connectivity index (χ2v) is 5.06. The van der Waals surface area contributed by atoms with Gasteiger partial charge in [-0.25, -0.2) is 0 Å². The van der Waals surface area contributed by atoms with Crippen LogP contribution in [0.25, 0.3) is 0 Å². The maximum atomic E-state index is 11.9. The Kier molecular flexibility index (Phi) is 5.24. The molecule has 3 N–H and O–H groups in total. The molecule has 1 aromatic rings. The highest BCUT2D eigenvalue weighted by molar-refractivity contribution is 6.31. The molecule has 6 heteroatoms. The molecule has 0 unspecified atom stereocenters. The van der Waals surface area contributed by atoms with Crippen molar-refractivity contribution < 1.29 is 4.79 Å². The smallest absolute Gasteiger partial charge is 0.226 e. The molecule has 1 amide bonds. The lowest BCUT2D eigenvalue weighted by Crippen LogP contribution is -2.41. The molecular formula is C14H19ClN4O. The first-order chi connectivity index (χ1) is 9.66. The van der Waals surface area contributed by atoms with E-state index < -0.39 is 0 Å². The van der Waals surface area contributed by atoms with Gasteiger partial charge < -0.3 is 16.0 Å². The predicted octanol–water partition coefficient (Wildman–Crippen LogP) is 1.92. The number of halogens is 1. The monoisotopic (exact) mass is 294 g/mol. The summed E-state index contributed by atoms with van der Waals surface area (Å²) < 4.78 is 0. The van der Waals surface area contributed by atoms with E-state index in [0.717, 1.165) is 36.7 Å². The molecule has 0 atom stereocenters. The summed E-state index contributed by atoms with van der Waals surface area (Å²) in [6.45, 7) is 4.21. The number of carbonyl (C=O) groups is 1. The van der Waals surface area contributed by atoms with E-state index in [4.69, 9.17) is 11.6 Å². The van der Waals surface area contributed by atoms with Crippen LogP contribution in [-0.4, -0.2) is 31.5 Å². The van der Waals surface area contributed by atoms with Crippen molar-refractivity contribution in [3.63, 3.8) is 0 Å². The highest BCUT2D eigenvalue weighted by Gasteiger charge is 2.08. The van der Waals surface area contributed by atoms with Crippen molar-refractivity contribution in [3.8, 4) is 0 Å². The lowest BCUT2D eigenvalue weighted by atomic mass is 10.2. The van der Waals surface area contributed by atoms with Crippen LogP contribution >= 0.6 is 11.6 Å². The number of hydrogen-bond acceptors (Lipinski definition) is 4. The Morgan fingerprint density at radius 3 is 3.10 bits per heavy atom. The molecule has 0 aromatic heterocycles. The molecule has 2 rings (SSSR count). The van der Waals surface area contributed by atoms with Crippen molar-refractivity contribution in [1.82, 2.24) is 10.6 Å². The van der Waals surface area contributed by atoms with Gasteiger partial charge in [0.05, 0.1) is 0 Å². The van der Waals surface area contributed by atoms with E-state index in [2.05, 4.69) is 20.9 Å². The molecular weight excluding hydrogens is 276 g/mol. The van der Waals surface area contributed by atoms with E-state index in [9.17, 15) is 4.79 Å². The van der Waals surface area contributed by atoms with E-state index in [-0.39, 0.29) is 5.91 Å². The third-order valence-corrected chi connectivity index (χ3v) is 3.49. The first-order valence-electron chi connectivity index (χ1n) is 6.74. The van der Waals surface area contributed by atoms with Crippen molar-refractivity contribution in [2.75, 3.05) is 25.0 Å². The first-order valence-corrected chi connectivity index (χ1v) is 7.12. The number of carbonyl (C=O) groups excluding carboxylic acids is 1. The van der Waals surface area contributed by atoms with Crippen molar-refractivity contribution in [1.29, 1.82) is 0 Å². The van der Waals surface area contributed by atoms with Crippen molar-refractivity contribution in [3.05, 3.63) is 28.8 Å². The summed E-state index contributed by atoms with van der Waals surface area (Å²) in [5.74, 6) is 0.738. The second-order valence-electron chi connectivity index (χ2n) is 4.65. The maximum absolute atomic E-state index is 11.9. The highest BCUT2D eigenvalue weighted by atomic mass is 35.5. The highest BCUT2D eigenvalue weighted by Crippen LogP contribution is 2.22. The van der Waals surface area contributed by atoms with Gasteiger partial charge in [0.25, 0.3) is 0 Å². The Balaban J connectivity index is 1.78. The minimum absolute atomic E-state index is 0.0423. The number of hydrogen-bond donors (Lipinski definition) is 3. The molecule has 108 valence electrons. The third-order valence-electron chi connectivity index (χ3n) is 3.08. The number of anilines is 1. The summed E-state index contributed by atoms with van der Waals surface area (Å²) in [4.78, 5) is 16.1. The zero-order chi connectivity index (χ0) is 14.4. The minimum Gasteiger partial charge on any atom is -0.356 e. The molecule has 0 bridgehead atoms. The minimum atomic E-state index is -0.0423. The first kappa shape index (κ1) is 14.7. The van der Waals surface area contributed by atoms with Gasteiger partial charge in [-0.1, -0.05) is 17.7 Å². The fourth-order valence-electron chi connectivity index (χ4n) is 1.90. The van der Waals surface area contributed by atoms with E-state index in [0.29, 0.717) is 18.0 Å². The van der Waals surface area contributed by atoms with Crippen LogP contribution in [0.4, 0.5) is 5.69 Å². The van der Waals surface area contributed by atoms with Gasteiger partial charge in [-0.3, -0.25) is 9.79 Å². The number of nitrogens with one attached hydrogen (secondary N) is 3. The third kappa shape index (κ3) is 4.13. The molecule has 0 aliphatic carbocycles. The summed E-state index contributed by atoms with van der Waals surface area (Å²) >= 11 is 6.02. The molecule has 5 nitrogen and oxygen atoms in total. The summed E-state index contributed by atoms with van der Waals surface area (Å²) in [6.07, 6.45) is 1.44. The van der Waals surface area contributed by atoms with Crippen LogP contribution in [0, 0.1) is 6.92 Å². The Labute approximate surface area is 123 Å². The average Bonchev–Trinajstić information content (AvgIpc) is 2.45. The number of aliphatic imine (C=N–C) groups is 1. The van der Waals surface area contributed by atoms with Crippen LogP contribution in [0.15, 0.2) is 23.2 Å². The van der Waals surface area contributed by atoms with Crippen LogP contribution in [0.5, 0.6) is 0 Å². The van der Waals surface area contributed by atoms with Crippen molar-refractivity contribution >= 4 is 29.2 Å². The van der Waals surface area contributed by atoms with Crippen LogP contribution in [0.1, 0.15) is 18.4 Å². The summed E-state index contributed by atoms with van der Waals surface area (Å²) in [5, 5.41) is 9.78. The van der Waals surface area contributed by atoms with Gasteiger partial charge in [-0.2, -0.15) is 0 Å². The van der Waals surface area contributed by atoms with E-state index in [1.807, 2.05) is 19.1 Å². The largest absolute Gasteiger partial charge is 0.356 e. The van der Waals surface area contributed by atoms with Crippen LogP contribution < -0.4 is 16.0 Å². The maximum Gasteiger partial charge on any atom is 0.226 e. The fraction of sp³-hybridized carbons (Fsp3) is 0.429. The molecule has 0 saturated carbocycles. The number of nitrogens with zero attached hydrogens (tertiary/aromatic N) is 1. The Morgan fingerprint density at radius 2 is 2.35 bits per heavy atom. The van der Waals surface area contributed by atoms with Gasteiger partial charge in [0.15, 0.2) is 5.96 Å². The van der Waals surface area contributed by atoms with Crippen molar-refractivity contribution in [2.24, 2.45) is 4.99 Å². The average molecular weight is 295 g/mol.